The van der Waals surface area contributed by atoms with Crippen LogP contribution in [-0.4, -0.2) is 21.4 Å². The molecule has 0 saturated heterocycles. The van der Waals surface area contributed by atoms with Gasteiger partial charge in [-0.3, -0.25) is 0 Å². The van der Waals surface area contributed by atoms with Crippen molar-refractivity contribution in [3.05, 3.63) is 0 Å². The van der Waals surface area contributed by atoms with Crippen LogP contribution in [0.25, 0.3) is 0 Å². The van der Waals surface area contributed by atoms with Gasteiger partial charge in [-0.25, -0.2) is 4.79 Å². The van der Waals surface area contributed by atoms with E-state index in [1.54, 1.807) is 0 Å². The molecular weight excluding hydrogens is 134 g/mol. The maximum absolute atomic E-state index is 10.5. The van der Waals surface area contributed by atoms with E-state index in [1.165, 1.54) is 7.11 Å². The Morgan fingerprint density at radius 3 is 2.00 bits per heavy atom. The molecule has 0 unspecified atom stereocenters. The van der Waals surface area contributed by atoms with Gasteiger partial charge in [-0.05, 0) is 0 Å². The third kappa shape index (κ3) is 5.36. The van der Waals surface area contributed by atoms with Gasteiger partial charge in [0.15, 0.2) is 8.24 Å². The third-order valence-corrected chi connectivity index (χ3v) is 1.62. The van der Waals surface area contributed by atoms with E-state index in [0.29, 0.717) is 0 Å². The molecular formula is C5H13NO2Si. The zero-order valence-electron chi connectivity index (χ0n) is 6.32. The molecule has 9 heavy (non-hydrogen) atoms. The van der Waals surface area contributed by atoms with Gasteiger partial charge in [-0.2, -0.15) is 0 Å². The molecule has 0 aliphatic rings. The average Bonchev–Trinajstić information content (AvgIpc) is 1.62. The summed E-state index contributed by atoms with van der Waals surface area (Å²) < 4.78 is 4.41. The Labute approximate surface area is 56.5 Å². The van der Waals surface area contributed by atoms with Crippen molar-refractivity contribution in [2.75, 3.05) is 7.11 Å². The number of methoxy groups -OCH3 is 1. The number of carbonyl (C=O) groups excluding carboxylic acids is 1. The first-order valence-corrected chi connectivity index (χ1v) is 6.32. The number of nitrogens with one attached hydrogen (secondary N) is 1. The maximum atomic E-state index is 10.5. The highest BCUT2D eigenvalue weighted by atomic mass is 28.3. The van der Waals surface area contributed by atoms with E-state index < -0.39 is 8.24 Å². The molecule has 0 aromatic rings. The molecule has 0 radical (unpaired) electrons. The predicted molar refractivity (Wildman–Crippen MR) is 38.9 cm³/mol. The van der Waals surface area contributed by atoms with Crippen LogP contribution < -0.4 is 4.98 Å². The van der Waals surface area contributed by atoms with E-state index in [9.17, 15) is 4.79 Å². The van der Waals surface area contributed by atoms with Crippen molar-refractivity contribution < 1.29 is 9.53 Å². The number of amides is 1. The fourth-order valence-electron chi connectivity index (χ4n) is 0.357. The molecule has 0 atom stereocenters. The van der Waals surface area contributed by atoms with Crippen molar-refractivity contribution in [1.82, 2.24) is 4.98 Å². The Kier molecular flexibility index (Phi) is 2.70. The van der Waals surface area contributed by atoms with Crippen LogP contribution in [0.15, 0.2) is 0 Å². The van der Waals surface area contributed by atoms with Gasteiger partial charge >= 0.3 is 6.09 Å². The Bertz CT molecular complexity index is 108. The predicted octanol–water partition coefficient (Wildman–Crippen LogP) is 1.18. The van der Waals surface area contributed by atoms with Gasteiger partial charge in [0, 0.05) is 0 Å². The smallest absolute Gasteiger partial charge is 0.398 e. The maximum Gasteiger partial charge on any atom is 0.398 e. The molecule has 0 rings (SSSR count). The van der Waals surface area contributed by atoms with Crippen LogP contribution >= 0.6 is 0 Å². The molecule has 0 fully saturated rings. The molecule has 0 aromatic heterocycles. The largest absolute Gasteiger partial charge is 0.453 e. The van der Waals surface area contributed by atoms with E-state index in [2.05, 4.69) is 9.72 Å². The summed E-state index contributed by atoms with van der Waals surface area (Å²) in [7, 11) is -0.0953. The molecule has 0 aliphatic carbocycles. The van der Waals surface area contributed by atoms with Crippen molar-refractivity contribution in [2.45, 2.75) is 19.6 Å². The Morgan fingerprint density at radius 2 is 1.89 bits per heavy atom. The van der Waals surface area contributed by atoms with Gasteiger partial charge in [0.2, 0.25) is 0 Å². The number of hydrogen-bond donors (Lipinski definition) is 1. The molecule has 1 amide bonds. The lowest BCUT2D eigenvalue weighted by molar-refractivity contribution is 0.177. The van der Waals surface area contributed by atoms with Crippen LogP contribution in [0.3, 0.4) is 0 Å². The van der Waals surface area contributed by atoms with Gasteiger partial charge in [-0.1, -0.05) is 19.6 Å². The number of rotatable bonds is 1. The van der Waals surface area contributed by atoms with Crippen LogP contribution in [0.4, 0.5) is 4.79 Å². The molecule has 1 N–H and O–H groups in total. The fourth-order valence-corrected chi connectivity index (χ4v) is 1.07. The van der Waals surface area contributed by atoms with Crippen molar-refractivity contribution in [3.63, 3.8) is 0 Å². The zero-order chi connectivity index (χ0) is 7.49. The zero-order valence-corrected chi connectivity index (χ0v) is 7.32. The number of ether oxygens (including phenoxy) is 1. The molecule has 4 heteroatoms. The van der Waals surface area contributed by atoms with E-state index in [-0.39, 0.29) is 6.09 Å². The first-order chi connectivity index (χ1) is 3.95. The minimum atomic E-state index is -1.47. The van der Waals surface area contributed by atoms with Crippen molar-refractivity contribution in [3.8, 4) is 0 Å². The minimum Gasteiger partial charge on any atom is -0.453 e. The average molecular weight is 147 g/mol. The Balaban J connectivity index is 3.60. The monoisotopic (exact) mass is 147 g/mol. The summed E-state index contributed by atoms with van der Waals surface area (Å²) in [6.07, 6.45) is -0.325. The Morgan fingerprint density at radius 1 is 1.44 bits per heavy atom. The number of hydrogen-bond acceptors (Lipinski definition) is 2. The second kappa shape index (κ2) is 2.86. The van der Waals surface area contributed by atoms with Crippen molar-refractivity contribution in [2.24, 2.45) is 0 Å². The summed E-state index contributed by atoms with van der Waals surface area (Å²) in [6, 6.07) is 0. The van der Waals surface area contributed by atoms with Crippen LogP contribution in [0.5, 0.6) is 0 Å². The Hall–Kier alpha value is -0.513. The normalized spacial score (nSPS) is 10.7. The molecule has 3 nitrogen and oxygen atoms in total. The summed E-state index contributed by atoms with van der Waals surface area (Å²) in [5, 5.41) is 0. The molecule has 0 bridgehead atoms. The minimum absolute atomic E-state index is 0.325. The standard InChI is InChI=1S/C5H13NO2Si/c1-8-5(7)6-9(2,3)4/h1-4H3,(H,6,7). The second-order valence-electron chi connectivity index (χ2n) is 2.87. The van der Waals surface area contributed by atoms with Crippen molar-refractivity contribution in [1.29, 1.82) is 0 Å². The lowest BCUT2D eigenvalue weighted by Gasteiger charge is -2.15. The van der Waals surface area contributed by atoms with Gasteiger partial charge in [0.1, 0.15) is 0 Å². The van der Waals surface area contributed by atoms with E-state index in [0.717, 1.165) is 0 Å². The topological polar surface area (TPSA) is 38.3 Å². The summed E-state index contributed by atoms with van der Waals surface area (Å²) in [5.74, 6) is 0. The van der Waals surface area contributed by atoms with E-state index >= 15 is 0 Å². The van der Waals surface area contributed by atoms with Crippen LogP contribution in [0.1, 0.15) is 0 Å². The van der Waals surface area contributed by atoms with Crippen LogP contribution in [0.2, 0.25) is 19.6 Å². The van der Waals surface area contributed by atoms with Crippen LogP contribution in [-0.2, 0) is 4.74 Å². The lowest BCUT2D eigenvalue weighted by Crippen LogP contribution is -2.45. The molecule has 0 heterocycles. The first kappa shape index (κ1) is 8.49. The number of carbonyl (C=O) groups is 1. The van der Waals surface area contributed by atoms with Crippen LogP contribution in [0, 0.1) is 0 Å². The highest BCUT2D eigenvalue weighted by molar-refractivity contribution is 6.75. The summed E-state index contributed by atoms with van der Waals surface area (Å²) in [5.41, 5.74) is 0. The lowest BCUT2D eigenvalue weighted by atomic mass is 11.2. The van der Waals surface area contributed by atoms with E-state index in [4.69, 9.17) is 0 Å². The second-order valence-corrected chi connectivity index (χ2v) is 7.62. The third-order valence-electron chi connectivity index (χ3n) is 0.662. The van der Waals surface area contributed by atoms with Gasteiger partial charge in [-0.15, -0.1) is 0 Å². The quantitative estimate of drug-likeness (QED) is 0.565. The molecule has 0 aromatic carbocycles. The van der Waals surface area contributed by atoms with Crippen molar-refractivity contribution >= 4 is 14.3 Å². The molecule has 54 valence electrons. The fraction of sp³-hybridized carbons (Fsp3) is 0.800. The van der Waals surface area contributed by atoms with Gasteiger partial charge in [0.05, 0.1) is 7.11 Å². The highest BCUT2D eigenvalue weighted by Gasteiger charge is 2.16. The first-order valence-electron chi connectivity index (χ1n) is 2.82. The SMILES string of the molecule is COC(=O)N[Si](C)(C)C. The molecule has 0 spiro atoms. The summed E-state index contributed by atoms with van der Waals surface area (Å²) >= 11 is 0. The summed E-state index contributed by atoms with van der Waals surface area (Å²) in [4.78, 5) is 13.3. The highest BCUT2D eigenvalue weighted by Crippen LogP contribution is 1.93. The molecule has 0 saturated carbocycles. The van der Waals surface area contributed by atoms with E-state index in [1.807, 2.05) is 19.6 Å². The summed E-state index contributed by atoms with van der Waals surface area (Å²) in [6.45, 7) is 6.10. The van der Waals surface area contributed by atoms with Gasteiger partial charge < -0.3 is 9.72 Å². The van der Waals surface area contributed by atoms with Gasteiger partial charge in [0.25, 0.3) is 0 Å². The molecule has 0 aliphatic heterocycles.